The highest BCUT2D eigenvalue weighted by Crippen LogP contribution is 2.58. The Bertz CT molecular complexity index is 1910. The monoisotopic (exact) mass is 605 g/mol. The van der Waals surface area contributed by atoms with Crippen LogP contribution in [-0.4, -0.2) is 48.2 Å². The number of piperidine rings is 1. The van der Waals surface area contributed by atoms with Crippen LogP contribution in [0.1, 0.15) is 48.1 Å². The Balaban J connectivity index is 0.00000115. The van der Waals surface area contributed by atoms with Crippen LogP contribution in [0.25, 0.3) is 11.0 Å². The molecule has 4 heterocycles. The first-order valence-corrected chi connectivity index (χ1v) is 14.9. The molecule has 0 unspecified atom stereocenters. The van der Waals surface area contributed by atoms with E-state index in [9.17, 15) is 4.39 Å². The summed E-state index contributed by atoms with van der Waals surface area (Å²) in [5, 5.41) is 8.97. The van der Waals surface area contributed by atoms with E-state index in [0.29, 0.717) is 22.9 Å². The molecule has 5 aromatic rings. The van der Waals surface area contributed by atoms with Crippen LogP contribution in [0.5, 0.6) is 5.88 Å². The summed E-state index contributed by atoms with van der Waals surface area (Å²) >= 11 is 0. The van der Waals surface area contributed by atoms with E-state index in [1.165, 1.54) is 11.8 Å². The molecule has 3 aromatic heterocycles. The smallest absolute Gasteiger partial charge is 0.373 e. The molecule has 2 aromatic carbocycles. The second-order valence-corrected chi connectivity index (χ2v) is 11.5. The topological polar surface area (TPSA) is 119 Å². The van der Waals surface area contributed by atoms with Gasteiger partial charge in [-0.1, -0.05) is 24.3 Å². The number of nitriles is 1. The van der Waals surface area contributed by atoms with Gasteiger partial charge in [-0.2, -0.15) is 14.9 Å². The number of likely N-dealkylation sites (tertiary alicyclic amines) is 1. The lowest BCUT2D eigenvalue weighted by Crippen LogP contribution is -2.37. The molecule has 45 heavy (non-hydrogen) atoms. The van der Waals surface area contributed by atoms with Gasteiger partial charge in [-0.25, -0.2) is 19.3 Å². The van der Waals surface area contributed by atoms with Gasteiger partial charge in [-0.3, -0.25) is 4.90 Å². The fourth-order valence-corrected chi connectivity index (χ4v) is 6.48. The van der Waals surface area contributed by atoms with Crippen LogP contribution in [0.3, 0.4) is 0 Å². The van der Waals surface area contributed by atoms with Crippen LogP contribution in [-0.2, 0) is 41.2 Å². The molecule has 0 spiro atoms. The van der Waals surface area contributed by atoms with Crippen molar-refractivity contribution in [3.63, 3.8) is 0 Å². The molecule has 1 aliphatic carbocycles. The van der Waals surface area contributed by atoms with Gasteiger partial charge in [-0.05, 0) is 62.6 Å². The number of aromatic nitrogens is 5. The van der Waals surface area contributed by atoms with Crippen LogP contribution in [0.2, 0.25) is 0 Å². The maximum atomic E-state index is 14.3. The zero-order valence-electron chi connectivity index (χ0n) is 24.9. The van der Waals surface area contributed by atoms with Gasteiger partial charge in [0.2, 0.25) is 5.88 Å². The summed E-state index contributed by atoms with van der Waals surface area (Å²) in [7, 11) is 0. The number of nitrogens with zero attached hydrogens (tertiary/aromatic N) is 7. The number of pyridine rings is 1. The van der Waals surface area contributed by atoms with Crippen molar-refractivity contribution in [3.05, 3.63) is 107 Å². The number of carbonyl (C=O) groups excluding carboxylic acids is 2. The highest BCUT2D eigenvalue weighted by molar-refractivity contribution is 5.76. The van der Waals surface area contributed by atoms with Crippen molar-refractivity contribution < 1.29 is 18.7 Å². The number of hydrogen-bond acceptors (Lipinski definition) is 8. The van der Waals surface area contributed by atoms with Crippen molar-refractivity contribution >= 4 is 17.2 Å². The first kappa shape index (κ1) is 29.9. The molecule has 10 nitrogen and oxygen atoms in total. The van der Waals surface area contributed by atoms with Crippen LogP contribution < -0.4 is 4.74 Å². The minimum absolute atomic E-state index is 0.0677. The van der Waals surface area contributed by atoms with Gasteiger partial charge in [0, 0.05) is 36.3 Å². The second kappa shape index (κ2) is 12.8. The molecule has 11 heteroatoms. The van der Waals surface area contributed by atoms with Gasteiger partial charge >= 0.3 is 6.15 Å². The van der Waals surface area contributed by atoms with Gasteiger partial charge in [0.25, 0.3) is 0 Å². The first-order chi connectivity index (χ1) is 22.0. The third kappa shape index (κ3) is 6.11. The minimum atomic E-state index is -0.442. The van der Waals surface area contributed by atoms with Gasteiger partial charge < -0.3 is 13.9 Å². The predicted molar refractivity (Wildman–Crippen MR) is 161 cm³/mol. The molecule has 0 N–H and O–H groups in total. The molecule has 0 amide bonds. The summed E-state index contributed by atoms with van der Waals surface area (Å²) in [6.07, 6.45) is 6.23. The van der Waals surface area contributed by atoms with E-state index in [1.54, 1.807) is 12.1 Å². The third-order valence-corrected chi connectivity index (χ3v) is 8.93. The summed E-state index contributed by atoms with van der Waals surface area (Å²) in [5.41, 5.74) is 5.18. The van der Waals surface area contributed by atoms with Crippen molar-refractivity contribution in [1.82, 2.24) is 29.0 Å². The summed E-state index contributed by atoms with van der Waals surface area (Å²) < 4.78 is 24.7. The predicted octanol–water partition coefficient (Wildman–Crippen LogP) is 4.87. The standard InChI is InChI=1S/C33H32FN7O.CO2/c1-2-40-22-36-17-26(40)19-41-29-7-4-3-6-28(29)37-31(41)20-39-13-12-33(15-25(33)18-39)30-8-5-9-32(38-30)42-21-24-11-10-23(16-35)14-27(24)34;2-1-3/h3-11,14,17,22,25H,2,12-13,15,18-21H2,1H3;/t25-,33+;/m0./s1. The van der Waals surface area contributed by atoms with E-state index in [-0.39, 0.29) is 18.2 Å². The highest BCUT2D eigenvalue weighted by Gasteiger charge is 2.58. The quantitative estimate of drug-likeness (QED) is 0.234. The molecule has 2 fully saturated rings. The van der Waals surface area contributed by atoms with Gasteiger partial charge in [0.1, 0.15) is 18.2 Å². The van der Waals surface area contributed by atoms with Crippen LogP contribution in [0.15, 0.2) is 73.2 Å². The Kier molecular flexibility index (Phi) is 8.52. The van der Waals surface area contributed by atoms with Gasteiger partial charge in [-0.15, -0.1) is 0 Å². The average Bonchev–Trinajstić information content (AvgIpc) is 3.45. The zero-order chi connectivity index (χ0) is 31.4. The minimum Gasteiger partial charge on any atom is -0.473 e. The Morgan fingerprint density at radius 2 is 1.93 bits per heavy atom. The maximum absolute atomic E-state index is 14.3. The molecule has 2 atom stereocenters. The molecule has 7 rings (SSSR count). The normalized spacial score (nSPS) is 18.7. The molecule has 0 bridgehead atoms. The Hall–Kier alpha value is -5.17. The summed E-state index contributed by atoms with van der Waals surface area (Å²) in [6.45, 7) is 6.61. The number of halogens is 1. The van der Waals surface area contributed by atoms with E-state index in [1.807, 2.05) is 36.8 Å². The van der Waals surface area contributed by atoms with E-state index in [2.05, 4.69) is 50.2 Å². The number of ether oxygens (including phenoxy) is 1. The lowest BCUT2D eigenvalue weighted by Gasteiger charge is -2.31. The lowest BCUT2D eigenvalue weighted by atomic mass is 9.91. The molecule has 1 saturated carbocycles. The Morgan fingerprint density at radius 3 is 2.71 bits per heavy atom. The largest absolute Gasteiger partial charge is 0.473 e. The molecular formula is C34H32FN7O3. The lowest BCUT2D eigenvalue weighted by molar-refractivity contribution is -0.191. The van der Waals surface area contributed by atoms with E-state index in [4.69, 9.17) is 29.6 Å². The number of imidazole rings is 2. The van der Waals surface area contributed by atoms with Gasteiger partial charge in [0.05, 0.1) is 53.5 Å². The Labute approximate surface area is 259 Å². The van der Waals surface area contributed by atoms with E-state index >= 15 is 0 Å². The molecule has 228 valence electrons. The van der Waals surface area contributed by atoms with E-state index < -0.39 is 5.82 Å². The molecule has 2 aliphatic rings. The van der Waals surface area contributed by atoms with Crippen LogP contribution in [0, 0.1) is 23.1 Å². The van der Waals surface area contributed by atoms with Crippen molar-refractivity contribution in [2.75, 3.05) is 13.1 Å². The first-order valence-electron chi connectivity index (χ1n) is 14.9. The number of rotatable bonds is 9. The van der Waals surface area contributed by atoms with Gasteiger partial charge in [0.15, 0.2) is 0 Å². The maximum Gasteiger partial charge on any atom is 0.373 e. The van der Waals surface area contributed by atoms with Crippen LogP contribution >= 0.6 is 0 Å². The number of hydrogen-bond donors (Lipinski definition) is 0. The second-order valence-electron chi connectivity index (χ2n) is 11.5. The molecule has 1 aliphatic heterocycles. The SMILES string of the molecule is CCn1cncc1Cn1c(CN2CC[C@@]3(c4cccc(OCc5ccc(C#N)cc5F)n4)C[C@H]3C2)nc2ccccc21.O=C=O. The molecule has 1 saturated heterocycles. The van der Waals surface area contributed by atoms with Crippen molar-refractivity contribution in [3.8, 4) is 11.9 Å². The van der Waals surface area contributed by atoms with Crippen molar-refractivity contribution in [2.24, 2.45) is 5.92 Å². The van der Waals surface area contributed by atoms with Crippen LogP contribution in [0.4, 0.5) is 4.39 Å². The Morgan fingerprint density at radius 1 is 1.09 bits per heavy atom. The number of fused-ring (bicyclic) bond motifs is 2. The van der Waals surface area contributed by atoms with Crippen molar-refractivity contribution in [2.45, 2.75) is 51.4 Å². The number of benzene rings is 2. The van der Waals surface area contributed by atoms with Crippen molar-refractivity contribution in [1.29, 1.82) is 5.26 Å². The fraction of sp³-hybridized carbons (Fsp3) is 0.324. The summed E-state index contributed by atoms with van der Waals surface area (Å²) in [5.74, 6) is 1.67. The molecular weight excluding hydrogens is 573 g/mol. The zero-order valence-corrected chi connectivity index (χ0v) is 24.9. The fourth-order valence-electron chi connectivity index (χ4n) is 6.48. The third-order valence-electron chi connectivity index (χ3n) is 8.93. The highest BCUT2D eigenvalue weighted by atomic mass is 19.1. The summed E-state index contributed by atoms with van der Waals surface area (Å²) in [4.78, 5) is 33.1. The van der Waals surface area contributed by atoms with E-state index in [0.717, 1.165) is 68.1 Å². The summed E-state index contributed by atoms with van der Waals surface area (Å²) in [6, 6.07) is 20.6. The average molecular weight is 606 g/mol. The molecule has 0 radical (unpaired) electrons. The number of para-hydroxylation sites is 2. The number of aryl methyl sites for hydroxylation is 1.